The van der Waals surface area contributed by atoms with Crippen molar-refractivity contribution >= 4 is 43.6 Å². The molecule has 0 aromatic carbocycles. The molecule has 0 aliphatic rings. The van der Waals surface area contributed by atoms with Crippen LogP contribution in [0.5, 0.6) is 0 Å². The number of nitrogens with two attached hydrogens (primary N) is 2. The maximum absolute atomic E-state index is 11.9. The lowest BCUT2D eigenvalue weighted by Gasteiger charge is -2.25. The third-order valence-electron chi connectivity index (χ3n) is 6.87. The SMILES string of the molecule is CC(N)CON.CCO[Si](C)(C)CCCNC(=O)NC(C)CONC(=O)NCCC[Si](C)(OCC)OCC.CCO[Si](C)(CCCN=C=O)OCC. The Balaban J connectivity index is -0.000000980. The highest BCUT2D eigenvalue weighted by Crippen LogP contribution is 2.16. The van der Waals surface area contributed by atoms with Crippen molar-refractivity contribution in [2.45, 2.75) is 124 Å². The number of amides is 4. The predicted molar refractivity (Wildman–Crippen MR) is 212 cm³/mol. The molecule has 0 aliphatic carbocycles. The molecule has 0 aromatic rings. The number of nitrogens with one attached hydrogen (secondary N) is 4. The minimum absolute atomic E-state index is 0.0509. The molecule has 310 valence electrons. The Morgan fingerprint density at radius 1 is 0.712 bits per heavy atom. The molecule has 0 fully saturated rings. The van der Waals surface area contributed by atoms with E-state index < -0.39 is 31.5 Å². The lowest BCUT2D eigenvalue weighted by Crippen LogP contribution is -2.45. The normalized spacial score (nSPS) is 12.6. The van der Waals surface area contributed by atoms with Gasteiger partial charge in [0.25, 0.3) is 0 Å². The Hall–Kier alpha value is -1.79. The molecule has 0 aromatic heterocycles. The van der Waals surface area contributed by atoms with E-state index in [4.69, 9.17) is 32.7 Å². The summed E-state index contributed by atoms with van der Waals surface area (Å²) in [5.74, 6) is 4.65. The van der Waals surface area contributed by atoms with Gasteiger partial charge in [-0.3, -0.25) is 4.84 Å². The second kappa shape index (κ2) is 34.9. The molecule has 0 radical (unpaired) electrons. The van der Waals surface area contributed by atoms with Crippen LogP contribution in [0.1, 0.15) is 67.7 Å². The summed E-state index contributed by atoms with van der Waals surface area (Å²) in [5.41, 5.74) is 7.53. The van der Waals surface area contributed by atoms with Crippen molar-refractivity contribution in [3.8, 4) is 0 Å². The van der Waals surface area contributed by atoms with Gasteiger partial charge in [0, 0.05) is 52.2 Å². The number of nitrogens with zero attached hydrogens (tertiary/aromatic N) is 1. The number of hydroxylamine groups is 1. The molecule has 0 bridgehead atoms. The first kappa shape index (κ1) is 54.6. The van der Waals surface area contributed by atoms with Gasteiger partial charge in [0.15, 0.2) is 8.32 Å². The summed E-state index contributed by atoms with van der Waals surface area (Å²) < 4.78 is 28.6. The van der Waals surface area contributed by atoms with Gasteiger partial charge in [-0.25, -0.2) is 30.8 Å². The zero-order valence-electron chi connectivity index (χ0n) is 34.2. The van der Waals surface area contributed by atoms with Crippen LogP contribution < -0.4 is 33.1 Å². The summed E-state index contributed by atoms with van der Waals surface area (Å²) in [5, 5.41) is 8.35. The van der Waals surface area contributed by atoms with Gasteiger partial charge < -0.3 is 48.7 Å². The fourth-order valence-electron chi connectivity index (χ4n) is 4.65. The van der Waals surface area contributed by atoms with E-state index in [-0.39, 0.29) is 24.7 Å². The van der Waals surface area contributed by atoms with Crippen LogP contribution in [-0.4, -0.2) is 122 Å². The van der Waals surface area contributed by atoms with Crippen LogP contribution in [0.25, 0.3) is 0 Å². The minimum Gasteiger partial charge on any atom is -0.418 e. The molecule has 0 spiro atoms. The smallest absolute Gasteiger partial charge is 0.338 e. The third kappa shape index (κ3) is 36.6. The Bertz CT molecular complexity index is 912. The molecule has 0 rings (SSSR count). The van der Waals surface area contributed by atoms with Crippen LogP contribution in [-0.2, 0) is 36.6 Å². The Morgan fingerprint density at radius 3 is 1.60 bits per heavy atom. The first-order chi connectivity index (χ1) is 24.5. The average molecular weight is 802 g/mol. The van der Waals surface area contributed by atoms with Gasteiger partial charge in [-0.05, 0) is 112 Å². The predicted octanol–water partition coefficient (Wildman–Crippen LogP) is 4.15. The number of rotatable bonds is 28. The van der Waals surface area contributed by atoms with Crippen molar-refractivity contribution in [1.82, 2.24) is 21.4 Å². The quantitative estimate of drug-likeness (QED) is 0.0216. The second-order valence-electron chi connectivity index (χ2n) is 12.8. The van der Waals surface area contributed by atoms with Crippen molar-refractivity contribution in [1.29, 1.82) is 0 Å². The van der Waals surface area contributed by atoms with E-state index in [1.54, 1.807) is 6.92 Å². The number of carbonyl (C=O) groups is 2. The highest BCUT2D eigenvalue weighted by molar-refractivity contribution is 6.71. The van der Waals surface area contributed by atoms with Crippen molar-refractivity contribution in [2.24, 2.45) is 16.6 Å². The molecule has 8 N–H and O–H groups in total. The van der Waals surface area contributed by atoms with Crippen molar-refractivity contribution in [2.75, 3.05) is 65.9 Å². The molecule has 2 atom stereocenters. The van der Waals surface area contributed by atoms with Gasteiger partial charge in [-0.1, -0.05) is 0 Å². The maximum atomic E-state index is 11.9. The van der Waals surface area contributed by atoms with E-state index in [0.717, 1.165) is 44.0 Å². The van der Waals surface area contributed by atoms with E-state index in [1.165, 1.54) is 6.08 Å². The molecule has 0 saturated carbocycles. The third-order valence-corrected chi connectivity index (χ3v) is 15.6. The standard InChI is InChI=1S/C20H46N4O6Si2.C9H19NO3Si.C3H10N2O/c1-8-28-31(5,6)15-11-13-21-19(25)23-18(4)17-27-24-20(26)22-14-12-16-32(7,29-9-2)30-10-3;1-4-12-14(3,13-5-2)8-6-7-10-9-11;1-3(4)2-6-5/h18H,8-17H2,1-7H3,(H2,21,23,25)(H2,22,24,26);4-8H2,1-3H3;3H,2,4-5H2,1H3. The first-order valence-corrected chi connectivity index (χ1v) is 26.7. The second-order valence-corrected chi connectivity index (χ2v) is 23.8. The topological polar surface area (TPSA) is 228 Å². The molecule has 2 unspecified atom stereocenters. The van der Waals surface area contributed by atoms with E-state index in [1.807, 2.05) is 54.6 Å². The summed E-state index contributed by atoms with van der Waals surface area (Å²) in [4.78, 5) is 46.4. The largest absolute Gasteiger partial charge is 0.418 e. The van der Waals surface area contributed by atoms with Crippen LogP contribution >= 0.6 is 0 Å². The number of aliphatic imine (C=N–C) groups is 1. The lowest BCUT2D eigenvalue weighted by atomic mass is 10.4. The van der Waals surface area contributed by atoms with Crippen LogP contribution in [0.2, 0.25) is 44.3 Å². The highest BCUT2D eigenvalue weighted by Gasteiger charge is 2.30. The van der Waals surface area contributed by atoms with Gasteiger partial charge >= 0.3 is 29.2 Å². The van der Waals surface area contributed by atoms with E-state index >= 15 is 0 Å². The van der Waals surface area contributed by atoms with E-state index in [0.29, 0.717) is 52.7 Å². The van der Waals surface area contributed by atoms with Crippen molar-refractivity contribution < 1.29 is 46.2 Å². The average Bonchev–Trinajstić information content (AvgIpc) is 3.04. The number of carbonyl (C=O) groups excluding carboxylic acids is 3. The Labute approximate surface area is 317 Å². The molecular weight excluding hydrogens is 727 g/mol. The monoisotopic (exact) mass is 801 g/mol. The summed E-state index contributed by atoms with van der Waals surface area (Å²) in [6.45, 7) is 27.5. The molecule has 4 amide bonds. The summed E-state index contributed by atoms with van der Waals surface area (Å²) in [6, 6.07) is 1.80. The van der Waals surface area contributed by atoms with Crippen molar-refractivity contribution in [3.63, 3.8) is 0 Å². The number of hydrogen-bond acceptors (Lipinski definition) is 13. The molecular formula is C32H75N7O10Si3. The van der Waals surface area contributed by atoms with Crippen LogP contribution in [0, 0.1) is 0 Å². The van der Waals surface area contributed by atoms with Gasteiger partial charge in [0.1, 0.15) is 0 Å². The summed E-state index contributed by atoms with van der Waals surface area (Å²) >= 11 is 0. The van der Waals surface area contributed by atoms with Gasteiger partial charge in [-0.15, -0.1) is 0 Å². The zero-order valence-corrected chi connectivity index (χ0v) is 37.2. The van der Waals surface area contributed by atoms with Crippen LogP contribution in [0.4, 0.5) is 9.59 Å². The first-order valence-electron chi connectivity index (χ1n) is 18.5. The molecule has 17 nitrogen and oxygen atoms in total. The van der Waals surface area contributed by atoms with Crippen LogP contribution in [0.15, 0.2) is 4.99 Å². The van der Waals surface area contributed by atoms with Gasteiger partial charge in [0.2, 0.25) is 6.08 Å². The van der Waals surface area contributed by atoms with Gasteiger partial charge in [-0.2, -0.15) is 0 Å². The molecule has 0 aliphatic heterocycles. The zero-order chi connectivity index (χ0) is 40.3. The van der Waals surface area contributed by atoms with E-state index in [2.05, 4.69) is 50.3 Å². The molecule has 52 heavy (non-hydrogen) atoms. The lowest BCUT2D eigenvalue weighted by molar-refractivity contribution is 0.0506. The minimum atomic E-state index is -2.16. The molecule has 0 heterocycles. The van der Waals surface area contributed by atoms with Crippen molar-refractivity contribution in [3.05, 3.63) is 0 Å². The Kier molecular flexibility index (Phi) is 36.7. The van der Waals surface area contributed by atoms with Gasteiger partial charge in [0.05, 0.1) is 25.8 Å². The number of urea groups is 2. The van der Waals surface area contributed by atoms with Crippen LogP contribution in [0.3, 0.4) is 0 Å². The maximum Gasteiger partial charge on any atom is 0.338 e. The highest BCUT2D eigenvalue weighted by atomic mass is 28.4. The molecule has 0 saturated heterocycles. The fourth-order valence-corrected chi connectivity index (χ4v) is 11.4. The summed E-state index contributed by atoms with van der Waals surface area (Å²) in [7, 11) is -5.76. The molecule has 20 heteroatoms. The fraction of sp³-hybridized carbons (Fsp3) is 0.906. The number of isocyanates is 1. The summed E-state index contributed by atoms with van der Waals surface area (Å²) in [6.07, 6.45) is 4.01. The number of hydrogen-bond donors (Lipinski definition) is 6. The Morgan fingerprint density at radius 2 is 1.17 bits per heavy atom. The van der Waals surface area contributed by atoms with E-state index in [9.17, 15) is 14.4 Å².